The summed E-state index contributed by atoms with van der Waals surface area (Å²) in [5, 5.41) is 29.0. The van der Waals surface area contributed by atoms with Crippen molar-refractivity contribution < 1.29 is 24.9 Å². The molecular weight excluding hydrogens is 332 g/mol. The Morgan fingerprint density at radius 3 is 2.81 bits per heavy atom. The van der Waals surface area contributed by atoms with Gasteiger partial charge in [0, 0.05) is 24.0 Å². The molecule has 0 spiro atoms. The fourth-order valence-corrected chi connectivity index (χ4v) is 3.58. The van der Waals surface area contributed by atoms with Crippen LogP contribution in [0.5, 0.6) is 0 Å². The lowest BCUT2D eigenvalue weighted by Crippen LogP contribution is -2.46. The van der Waals surface area contributed by atoms with Crippen molar-refractivity contribution in [3.63, 3.8) is 0 Å². The van der Waals surface area contributed by atoms with Crippen molar-refractivity contribution in [2.75, 3.05) is 6.61 Å². The molecule has 0 bridgehead atoms. The summed E-state index contributed by atoms with van der Waals surface area (Å²) in [5.41, 5.74) is 0.625. The number of aliphatic hydroxyl groups is 3. The van der Waals surface area contributed by atoms with Gasteiger partial charge in [0.2, 0.25) is 0 Å². The number of ether oxygens (including phenoxy) is 1. The molecule has 0 aromatic rings. The first-order chi connectivity index (χ1) is 12.3. The molecule has 2 aliphatic rings. The Labute approximate surface area is 155 Å². The van der Waals surface area contributed by atoms with Gasteiger partial charge in [-0.25, -0.2) is 4.79 Å². The van der Waals surface area contributed by atoms with E-state index < -0.39 is 18.2 Å². The largest absolute Gasteiger partial charge is 0.455 e. The van der Waals surface area contributed by atoms with Crippen LogP contribution in [0.1, 0.15) is 33.6 Å². The van der Waals surface area contributed by atoms with Crippen LogP contribution in [-0.4, -0.2) is 46.2 Å². The second-order valence-electron chi connectivity index (χ2n) is 7.45. The second-order valence-corrected chi connectivity index (χ2v) is 7.45. The van der Waals surface area contributed by atoms with Crippen molar-refractivity contribution in [2.45, 2.75) is 51.9 Å². The van der Waals surface area contributed by atoms with Gasteiger partial charge in [0.1, 0.15) is 6.10 Å². The van der Waals surface area contributed by atoms with Gasteiger partial charge in [-0.3, -0.25) is 0 Å². The van der Waals surface area contributed by atoms with Gasteiger partial charge in [-0.2, -0.15) is 0 Å². The van der Waals surface area contributed by atoms with Crippen LogP contribution in [0.2, 0.25) is 0 Å². The van der Waals surface area contributed by atoms with Crippen LogP contribution in [0.25, 0.3) is 0 Å². The van der Waals surface area contributed by atoms with E-state index in [1.54, 1.807) is 18.2 Å². The molecule has 144 valence electrons. The summed E-state index contributed by atoms with van der Waals surface area (Å²) < 4.78 is 5.57. The first-order valence-electron chi connectivity index (χ1n) is 9.24. The highest BCUT2D eigenvalue weighted by atomic mass is 16.5. The summed E-state index contributed by atoms with van der Waals surface area (Å²) in [7, 11) is 0. The van der Waals surface area contributed by atoms with Crippen molar-refractivity contribution in [3.8, 4) is 0 Å². The van der Waals surface area contributed by atoms with Crippen LogP contribution in [0.3, 0.4) is 0 Å². The highest BCUT2D eigenvalue weighted by Crippen LogP contribution is 2.48. The first-order valence-corrected chi connectivity index (χ1v) is 9.24. The monoisotopic (exact) mass is 362 g/mol. The summed E-state index contributed by atoms with van der Waals surface area (Å²) in [5.74, 6) is -0.358. The number of hydrogen-bond donors (Lipinski definition) is 3. The second kappa shape index (κ2) is 8.80. The average molecular weight is 362 g/mol. The minimum Gasteiger partial charge on any atom is -0.455 e. The van der Waals surface area contributed by atoms with E-state index >= 15 is 0 Å². The molecule has 2 rings (SSSR count). The SMILES string of the molecule is CCC(/C=C/C=C/C(=O)O[C@H]1C=CC2=C[C@@H](O)[C@H](O)C[C@]2(C)[C@H]1C)CO. The third kappa shape index (κ3) is 4.53. The van der Waals surface area contributed by atoms with E-state index in [-0.39, 0.29) is 30.0 Å². The molecule has 0 heterocycles. The summed E-state index contributed by atoms with van der Waals surface area (Å²) in [6, 6.07) is 0. The highest BCUT2D eigenvalue weighted by Gasteiger charge is 2.46. The Hall–Kier alpha value is -1.69. The zero-order chi connectivity index (χ0) is 19.3. The molecule has 0 fully saturated rings. The number of carbonyl (C=O) groups is 1. The molecule has 0 saturated carbocycles. The predicted molar refractivity (Wildman–Crippen MR) is 100 cm³/mol. The summed E-state index contributed by atoms with van der Waals surface area (Å²) in [6.07, 6.45) is 11.2. The summed E-state index contributed by atoms with van der Waals surface area (Å²) in [6.45, 7) is 6.10. The molecule has 1 unspecified atom stereocenters. The number of esters is 1. The van der Waals surface area contributed by atoms with Crippen LogP contribution in [0.15, 0.2) is 48.1 Å². The maximum absolute atomic E-state index is 12.1. The van der Waals surface area contributed by atoms with Gasteiger partial charge in [-0.05, 0) is 36.5 Å². The van der Waals surface area contributed by atoms with E-state index in [1.165, 1.54) is 6.08 Å². The number of allylic oxidation sites excluding steroid dienone is 4. The van der Waals surface area contributed by atoms with Gasteiger partial charge in [0.25, 0.3) is 0 Å². The quantitative estimate of drug-likeness (QED) is 0.383. The lowest BCUT2D eigenvalue weighted by Gasteiger charge is -2.47. The van der Waals surface area contributed by atoms with Crippen LogP contribution in [0, 0.1) is 17.3 Å². The number of aliphatic hydroxyl groups excluding tert-OH is 3. The Balaban J connectivity index is 2.01. The van der Waals surface area contributed by atoms with Gasteiger partial charge >= 0.3 is 5.97 Å². The number of hydrogen-bond acceptors (Lipinski definition) is 5. The van der Waals surface area contributed by atoms with Crippen molar-refractivity contribution in [1.82, 2.24) is 0 Å². The molecule has 0 aliphatic heterocycles. The Morgan fingerprint density at radius 1 is 1.42 bits per heavy atom. The lowest BCUT2D eigenvalue weighted by atomic mass is 9.61. The molecule has 0 aromatic heterocycles. The Bertz CT molecular complexity index is 614. The maximum Gasteiger partial charge on any atom is 0.331 e. The van der Waals surface area contributed by atoms with Gasteiger partial charge in [0.15, 0.2) is 0 Å². The molecule has 5 heteroatoms. The summed E-state index contributed by atoms with van der Waals surface area (Å²) in [4.78, 5) is 12.1. The maximum atomic E-state index is 12.1. The smallest absolute Gasteiger partial charge is 0.331 e. The molecule has 0 aromatic carbocycles. The van der Waals surface area contributed by atoms with E-state index in [1.807, 2.05) is 39.0 Å². The van der Waals surface area contributed by atoms with E-state index in [2.05, 4.69) is 0 Å². The van der Waals surface area contributed by atoms with E-state index in [0.29, 0.717) is 6.42 Å². The third-order valence-corrected chi connectivity index (χ3v) is 5.74. The standard InChI is InChI=1S/C21H30O5/c1-4-15(13-22)7-5-6-8-20(25)26-19-10-9-16-11-17(23)18(24)12-21(16,3)14(19)2/h5-11,14-15,17-19,22-24H,4,12-13H2,1-3H3/b7-5+,8-6+/t14-,15?,17+,18+,19-,21+/m0/s1. The fraction of sp³-hybridized carbons (Fsp3) is 0.571. The van der Waals surface area contributed by atoms with Crippen LogP contribution in [-0.2, 0) is 9.53 Å². The topological polar surface area (TPSA) is 87.0 Å². The molecule has 3 N–H and O–H groups in total. The van der Waals surface area contributed by atoms with Gasteiger partial charge in [-0.1, -0.05) is 45.1 Å². The van der Waals surface area contributed by atoms with Crippen molar-refractivity contribution in [2.24, 2.45) is 17.3 Å². The minimum absolute atomic E-state index is 0.0207. The zero-order valence-corrected chi connectivity index (χ0v) is 15.7. The van der Waals surface area contributed by atoms with Crippen LogP contribution >= 0.6 is 0 Å². The Kier molecular flexibility index (Phi) is 6.98. The van der Waals surface area contributed by atoms with E-state index in [4.69, 9.17) is 9.84 Å². The highest BCUT2D eigenvalue weighted by molar-refractivity contribution is 5.82. The number of rotatable bonds is 6. The Morgan fingerprint density at radius 2 is 2.15 bits per heavy atom. The van der Waals surface area contributed by atoms with Crippen LogP contribution < -0.4 is 0 Å². The van der Waals surface area contributed by atoms with Crippen LogP contribution in [0.4, 0.5) is 0 Å². The van der Waals surface area contributed by atoms with Crippen molar-refractivity contribution in [3.05, 3.63) is 48.1 Å². The molecule has 0 amide bonds. The lowest BCUT2D eigenvalue weighted by molar-refractivity contribution is -0.145. The molecule has 26 heavy (non-hydrogen) atoms. The van der Waals surface area contributed by atoms with Gasteiger partial charge in [-0.15, -0.1) is 0 Å². The molecule has 6 atom stereocenters. The third-order valence-electron chi connectivity index (χ3n) is 5.74. The van der Waals surface area contributed by atoms with Gasteiger partial charge in [0.05, 0.1) is 12.2 Å². The first kappa shape index (κ1) is 20.6. The average Bonchev–Trinajstić information content (AvgIpc) is 2.61. The number of fused-ring (bicyclic) bond motifs is 1. The molecule has 5 nitrogen and oxygen atoms in total. The van der Waals surface area contributed by atoms with Crippen molar-refractivity contribution in [1.29, 1.82) is 0 Å². The van der Waals surface area contributed by atoms with E-state index in [0.717, 1.165) is 12.0 Å². The van der Waals surface area contributed by atoms with E-state index in [9.17, 15) is 15.0 Å². The van der Waals surface area contributed by atoms with Crippen molar-refractivity contribution >= 4 is 5.97 Å². The fourth-order valence-electron chi connectivity index (χ4n) is 3.58. The molecule has 0 radical (unpaired) electrons. The minimum atomic E-state index is -0.852. The molecular formula is C21H30O5. The number of carbonyl (C=O) groups excluding carboxylic acids is 1. The zero-order valence-electron chi connectivity index (χ0n) is 15.7. The molecule has 2 aliphatic carbocycles. The van der Waals surface area contributed by atoms with Gasteiger partial charge < -0.3 is 20.1 Å². The molecule has 0 saturated heterocycles. The predicted octanol–water partition coefficient (Wildman–Crippen LogP) is 2.29. The summed E-state index contributed by atoms with van der Waals surface area (Å²) >= 11 is 0. The normalized spacial score (nSPS) is 35.4.